The van der Waals surface area contributed by atoms with Gasteiger partial charge in [0.25, 0.3) is 0 Å². The fraction of sp³-hybridized carbons (Fsp3) is 0. The van der Waals surface area contributed by atoms with E-state index in [0.29, 0.717) is 0 Å². The van der Waals surface area contributed by atoms with Crippen molar-refractivity contribution in [2.24, 2.45) is 0 Å². The summed E-state index contributed by atoms with van der Waals surface area (Å²) in [5.41, 5.74) is 15.6. The summed E-state index contributed by atoms with van der Waals surface area (Å²) in [5, 5.41) is 7.50. The summed E-state index contributed by atoms with van der Waals surface area (Å²) in [4.78, 5) is 0. The molecule has 0 unspecified atom stereocenters. The van der Waals surface area contributed by atoms with Gasteiger partial charge in [0.1, 0.15) is 0 Å². The third-order valence-corrected chi connectivity index (χ3v) is 11.8. The lowest BCUT2D eigenvalue weighted by atomic mass is 9.95. The standard InChI is InChI=1S/C54H35N3/c1-3-15-36(16-4-1)37-29-31-39(32-30-37)56-48-25-11-8-20-44(48)53-42(22-13-27-51(53)56)43-23-14-28-52-54(43)45-21-9-12-26-49(45)57(52)40-33-34-50-46(35-40)41-19-7-10-24-47(41)55(50)38-17-5-2-6-18-38/h1-35H. The van der Waals surface area contributed by atoms with Crippen molar-refractivity contribution >= 4 is 65.4 Å². The van der Waals surface area contributed by atoms with E-state index in [0.717, 1.165) is 17.1 Å². The fourth-order valence-electron chi connectivity index (χ4n) is 9.43. The topological polar surface area (TPSA) is 14.8 Å². The highest BCUT2D eigenvalue weighted by atomic mass is 15.0. The van der Waals surface area contributed by atoms with Crippen LogP contribution in [0.5, 0.6) is 0 Å². The molecule has 0 aliphatic rings. The molecule has 3 aromatic heterocycles. The Balaban J connectivity index is 1.09. The van der Waals surface area contributed by atoms with Gasteiger partial charge in [0.2, 0.25) is 0 Å². The van der Waals surface area contributed by atoms with Crippen LogP contribution in [-0.4, -0.2) is 13.7 Å². The van der Waals surface area contributed by atoms with Gasteiger partial charge in [0.05, 0.1) is 33.1 Å². The van der Waals surface area contributed by atoms with Gasteiger partial charge in [-0.1, -0.05) is 140 Å². The van der Waals surface area contributed by atoms with Gasteiger partial charge in [-0.3, -0.25) is 0 Å². The predicted molar refractivity (Wildman–Crippen MR) is 240 cm³/mol. The summed E-state index contributed by atoms with van der Waals surface area (Å²) in [6.45, 7) is 0. The van der Waals surface area contributed by atoms with Crippen LogP contribution in [-0.2, 0) is 0 Å². The molecule has 12 aromatic rings. The minimum atomic E-state index is 1.15. The summed E-state index contributed by atoms with van der Waals surface area (Å²) >= 11 is 0. The number of hydrogen-bond donors (Lipinski definition) is 0. The Kier molecular flexibility index (Phi) is 6.93. The number of rotatable bonds is 5. The van der Waals surface area contributed by atoms with E-state index in [1.54, 1.807) is 0 Å². The van der Waals surface area contributed by atoms with Gasteiger partial charge in [-0.2, -0.15) is 0 Å². The summed E-state index contributed by atoms with van der Waals surface area (Å²) in [7, 11) is 0. The minimum absolute atomic E-state index is 1.15. The summed E-state index contributed by atoms with van der Waals surface area (Å²) in [6.07, 6.45) is 0. The molecular formula is C54H35N3. The van der Waals surface area contributed by atoms with Crippen LogP contribution < -0.4 is 0 Å². The third kappa shape index (κ3) is 4.73. The smallest absolute Gasteiger partial charge is 0.0547 e. The molecule has 0 aliphatic heterocycles. The summed E-state index contributed by atoms with van der Waals surface area (Å²) in [5.74, 6) is 0. The van der Waals surface area contributed by atoms with E-state index in [2.05, 4.69) is 226 Å². The van der Waals surface area contributed by atoms with Crippen molar-refractivity contribution in [1.29, 1.82) is 0 Å². The van der Waals surface area contributed by atoms with E-state index in [9.17, 15) is 0 Å². The highest BCUT2D eigenvalue weighted by Crippen LogP contribution is 2.44. The highest BCUT2D eigenvalue weighted by molar-refractivity contribution is 6.22. The molecule has 12 rings (SSSR count). The van der Waals surface area contributed by atoms with Gasteiger partial charge < -0.3 is 13.7 Å². The fourth-order valence-corrected chi connectivity index (χ4v) is 9.43. The van der Waals surface area contributed by atoms with Crippen molar-refractivity contribution < 1.29 is 0 Å². The van der Waals surface area contributed by atoms with Gasteiger partial charge in [0, 0.05) is 49.4 Å². The van der Waals surface area contributed by atoms with Crippen LogP contribution in [0.25, 0.3) is 105 Å². The van der Waals surface area contributed by atoms with E-state index < -0.39 is 0 Å². The molecule has 57 heavy (non-hydrogen) atoms. The first kappa shape index (κ1) is 31.7. The number of nitrogens with zero attached hydrogens (tertiary/aromatic N) is 3. The molecule has 0 radical (unpaired) electrons. The zero-order valence-corrected chi connectivity index (χ0v) is 31.0. The van der Waals surface area contributed by atoms with Crippen LogP contribution in [0.4, 0.5) is 0 Å². The number of aromatic nitrogens is 3. The number of para-hydroxylation sites is 4. The number of benzene rings is 9. The van der Waals surface area contributed by atoms with Crippen LogP contribution >= 0.6 is 0 Å². The van der Waals surface area contributed by atoms with Crippen molar-refractivity contribution in [3.63, 3.8) is 0 Å². The predicted octanol–water partition coefficient (Wildman–Crippen LogP) is 14.3. The average molecular weight is 726 g/mol. The van der Waals surface area contributed by atoms with Gasteiger partial charge in [-0.05, 0) is 95.1 Å². The quantitative estimate of drug-likeness (QED) is 0.168. The Labute approximate surface area is 329 Å². The molecule has 0 saturated carbocycles. The first-order valence-electron chi connectivity index (χ1n) is 19.6. The minimum Gasteiger partial charge on any atom is -0.309 e. The lowest BCUT2D eigenvalue weighted by Crippen LogP contribution is -1.95. The molecule has 3 nitrogen and oxygen atoms in total. The van der Waals surface area contributed by atoms with Crippen molar-refractivity contribution in [2.45, 2.75) is 0 Å². The van der Waals surface area contributed by atoms with Crippen LogP contribution in [0.2, 0.25) is 0 Å². The van der Waals surface area contributed by atoms with Crippen LogP contribution in [0.3, 0.4) is 0 Å². The maximum Gasteiger partial charge on any atom is 0.0547 e. The van der Waals surface area contributed by atoms with Crippen molar-refractivity contribution in [3.8, 4) is 39.3 Å². The SMILES string of the molecule is c1ccc(-c2ccc(-n3c4ccccc4c4c(-c5cccc6c5c5ccccc5n6-c5ccc6c(c5)c5ccccc5n6-c5ccccc5)cccc43)cc2)cc1. The van der Waals surface area contributed by atoms with Crippen LogP contribution in [0.1, 0.15) is 0 Å². The maximum absolute atomic E-state index is 2.46. The molecule has 0 N–H and O–H groups in total. The van der Waals surface area contributed by atoms with E-state index in [4.69, 9.17) is 0 Å². The van der Waals surface area contributed by atoms with Crippen molar-refractivity contribution in [2.75, 3.05) is 0 Å². The molecule has 0 amide bonds. The van der Waals surface area contributed by atoms with Gasteiger partial charge >= 0.3 is 0 Å². The van der Waals surface area contributed by atoms with Gasteiger partial charge in [-0.15, -0.1) is 0 Å². The molecule has 3 heterocycles. The normalized spacial score (nSPS) is 11.9. The summed E-state index contributed by atoms with van der Waals surface area (Å²) in [6, 6.07) is 77.3. The monoisotopic (exact) mass is 725 g/mol. The Morgan fingerprint density at radius 2 is 0.632 bits per heavy atom. The van der Waals surface area contributed by atoms with Crippen molar-refractivity contribution in [1.82, 2.24) is 13.7 Å². The van der Waals surface area contributed by atoms with Crippen LogP contribution in [0.15, 0.2) is 212 Å². The second kappa shape index (κ2) is 12.5. The lowest BCUT2D eigenvalue weighted by Gasteiger charge is -2.12. The third-order valence-electron chi connectivity index (χ3n) is 11.8. The summed E-state index contributed by atoms with van der Waals surface area (Å²) < 4.78 is 7.26. The first-order valence-corrected chi connectivity index (χ1v) is 19.6. The zero-order valence-electron chi connectivity index (χ0n) is 31.0. The van der Waals surface area contributed by atoms with E-state index in [1.807, 2.05) is 0 Å². The second-order valence-electron chi connectivity index (χ2n) is 14.9. The molecule has 9 aromatic carbocycles. The first-order chi connectivity index (χ1) is 28.3. The van der Waals surface area contributed by atoms with E-state index >= 15 is 0 Å². The zero-order chi connectivity index (χ0) is 37.5. The van der Waals surface area contributed by atoms with E-state index in [1.165, 1.54) is 87.7 Å². The Hall–Kier alpha value is -7.62. The lowest BCUT2D eigenvalue weighted by molar-refractivity contribution is 1.17. The van der Waals surface area contributed by atoms with Crippen molar-refractivity contribution in [3.05, 3.63) is 212 Å². The molecule has 3 heteroatoms. The number of hydrogen-bond acceptors (Lipinski definition) is 0. The Bertz CT molecular complexity index is 3490. The molecule has 0 atom stereocenters. The molecule has 0 aliphatic carbocycles. The Morgan fingerprint density at radius 1 is 0.228 bits per heavy atom. The molecular weight excluding hydrogens is 691 g/mol. The molecule has 0 spiro atoms. The average Bonchev–Trinajstić information content (AvgIpc) is 3.93. The van der Waals surface area contributed by atoms with Crippen LogP contribution in [0, 0.1) is 0 Å². The van der Waals surface area contributed by atoms with Gasteiger partial charge in [0.15, 0.2) is 0 Å². The maximum atomic E-state index is 2.46. The molecule has 0 saturated heterocycles. The van der Waals surface area contributed by atoms with Gasteiger partial charge in [-0.25, -0.2) is 0 Å². The molecule has 266 valence electrons. The Morgan fingerprint density at radius 3 is 1.25 bits per heavy atom. The second-order valence-corrected chi connectivity index (χ2v) is 14.9. The highest BCUT2D eigenvalue weighted by Gasteiger charge is 2.21. The number of fused-ring (bicyclic) bond motifs is 9. The van der Waals surface area contributed by atoms with E-state index in [-0.39, 0.29) is 0 Å². The molecule has 0 bridgehead atoms. The molecule has 0 fully saturated rings. The largest absolute Gasteiger partial charge is 0.309 e.